The Morgan fingerprint density at radius 2 is 1.62 bits per heavy atom. The molecule has 0 aliphatic carbocycles. The molecule has 0 N–H and O–H groups in total. The first kappa shape index (κ1) is 18.2. The van der Waals surface area contributed by atoms with E-state index in [1.165, 1.54) is 0 Å². The minimum absolute atomic E-state index is 0. The van der Waals surface area contributed by atoms with Crippen molar-refractivity contribution < 1.29 is 9.59 Å². The molecule has 0 bridgehead atoms. The first-order valence-electron chi connectivity index (χ1n) is 7.86. The van der Waals surface area contributed by atoms with Crippen LogP contribution in [0.3, 0.4) is 0 Å². The van der Waals surface area contributed by atoms with E-state index >= 15 is 0 Å². The molecule has 2 aromatic rings. The molecule has 2 heterocycles. The van der Waals surface area contributed by atoms with Crippen molar-refractivity contribution in [3.63, 3.8) is 0 Å². The third-order valence-corrected chi connectivity index (χ3v) is 4.26. The molecule has 24 heavy (non-hydrogen) atoms. The number of hydrogen-bond donors (Lipinski definition) is 0. The van der Waals surface area contributed by atoms with Crippen molar-refractivity contribution in [3.05, 3.63) is 59.9 Å². The quantitative estimate of drug-likeness (QED) is 0.794. The molecule has 1 aromatic heterocycles. The molecule has 0 saturated carbocycles. The van der Waals surface area contributed by atoms with E-state index in [-0.39, 0.29) is 30.6 Å². The number of piperazine rings is 1. The van der Waals surface area contributed by atoms with Crippen molar-refractivity contribution in [2.75, 3.05) is 33.2 Å². The molecule has 3 rings (SSSR count). The van der Waals surface area contributed by atoms with Gasteiger partial charge in [-0.2, -0.15) is 0 Å². The van der Waals surface area contributed by atoms with Crippen LogP contribution in [0.2, 0.25) is 0 Å². The Bertz CT molecular complexity index is 691. The Balaban J connectivity index is 0.00000208. The smallest absolute Gasteiger partial charge is 0.242 e. The predicted molar refractivity (Wildman–Crippen MR) is 95.6 cm³/mol. The van der Waals surface area contributed by atoms with Gasteiger partial charge in [0, 0.05) is 37.9 Å². The number of ketones is 1. The molecular weight excluding hydrogens is 326 g/mol. The van der Waals surface area contributed by atoms with Crippen molar-refractivity contribution in [1.29, 1.82) is 0 Å². The van der Waals surface area contributed by atoms with E-state index in [4.69, 9.17) is 0 Å². The normalized spacial score (nSPS) is 15.0. The largest absolute Gasteiger partial charge is 0.339 e. The van der Waals surface area contributed by atoms with Crippen LogP contribution in [0.15, 0.2) is 48.7 Å². The van der Waals surface area contributed by atoms with Crippen molar-refractivity contribution in [1.82, 2.24) is 14.4 Å². The second-order valence-electron chi connectivity index (χ2n) is 5.90. The fraction of sp³-hybridized carbons (Fsp3) is 0.333. The van der Waals surface area contributed by atoms with Gasteiger partial charge in [0.1, 0.15) is 6.54 Å². The minimum atomic E-state index is -0.0539. The third kappa shape index (κ3) is 4.04. The first-order valence-corrected chi connectivity index (χ1v) is 7.86. The summed E-state index contributed by atoms with van der Waals surface area (Å²) < 4.78 is 1.75. The fourth-order valence-electron chi connectivity index (χ4n) is 2.80. The van der Waals surface area contributed by atoms with Gasteiger partial charge in [0.2, 0.25) is 11.7 Å². The third-order valence-electron chi connectivity index (χ3n) is 4.26. The zero-order valence-electron chi connectivity index (χ0n) is 13.7. The monoisotopic (exact) mass is 347 g/mol. The van der Waals surface area contributed by atoms with Crippen LogP contribution >= 0.6 is 12.4 Å². The van der Waals surface area contributed by atoms with Crippen LogP contribution < -0.4 is 0 Å². The highest BCUT2D eigenvalue weighted by Gasteiger charge is 2.21. The predicted octanol–water partition coefficient (Wildman–Crippen LogP) is 1.91. The van der Waals surface area contributed by atoms with Crippen molar-refractivity contribution in [3.8, 4) is 0 Å². The van der Waals surface area contributed by atoms with Crippen LogP contribution in [-0.2, 0) is 11.3 Å². The van der Waals surface area contributed by atoms with Crippen molar-refractivity contribution in [2.24, 2.45) is 0 Å². The molecular formula is C18H22ClN3O2. The lowest BCUT2D eigenvalue weighted by atomic mass is 10.1. The average Bonchev–Trinajstić information content (AvgIpc) is 3.03. The highest BCUT2D eigenvalue weighted by Crippen LogP contribution is 2.12. The van der Waals surface area contributed by atoms with Gasteiger partial charge in [-0.25, -0.2) is 0 Å². The molecule has 0 unspecified atom stereocenters. The molecule has 0 radical (unpaired) electrons. The number of rotatable bonds is 4. The van der Waals surface area contributed by atoms with E-state index in [9.17, 15) is 9.59 Å². The minimum Gasteiger partial charge on any atom is -0.339 e. The lowest BCUT2D eigenvalue weighted by Crippen LogP contribution is -2.48. The highest BCUT2D eigenvalue weighted by molar-refractivity contribution is 6.08. The van der Waals surface area contributed by atoms with Gasteiger partial charge in [-0.05, 0) is 19.2 Å². The molecule has 128 valence electrons. The SMILES string of the molecule is CN1CCN(C(=O)Cn2cccc2C(=O)c2ccccc2)CC1.Cl. The molecule has 0 spiro atoms. The van der Waals surface area contributed by atoms with E-state index in [0.717, 1.165) is 26.2 Å². The summed E-state index contributed by atoms with van der Waals surface area (Å²) in [5.41, 5.74) is 1.19. The van der Waals surface area contributed by atoms with Crippen LogP contribution in [-0.4, -0.2) is 59.3 Å². The first-order chi connectivity index (χ1) is 11.1. The van der Waals surface area contributed by atoms with Crippen LogP contribution in [0.4, 0.5) is 0 Å². The molecule has 1 amide bonds. The van der Waals surface area contributed by atoms with E-state index in [2.05, 4.69) is 11.9 Å². The summed E-state index contributed by atoms with van der Waals surface area (Å²) in [6, 6.07) is 12.7. The molecule has 5 nitrogen and oxygen atoms in total. The summed E-state index contributed by atoms with van der Waals surface area (Å²) in [6.07, 6.45) is 1.80. The Hall–Kier alpha value is -2.11. The number of carbonyl (C=O) groups excluding carboxylic acids is 2. The Kier molecular flexibility index (Phi) is 6.17. The zero-order valence-corrected chi connectivity index (χ0v) is 14.5. The van der Waals surface area contributed by atoms with Gasteiger partial charge >= 0.3 is 0 Å². The summed E-state index contributed by atoms with van der Waals surface area (Å²) in [5.74, 6) is 0.0122. The Morgan fingerprint density at radius 3 is 2.29 bits per heavy atom. The maximum absolute atomic E-state index is 12.6. The number of halogens is 1. The number of amides is 1. The average molecular weight is 348 g/mol. The molecule has 1 saturated heterocycles. The zero-order chi connectivity index (χ0) is 16.2. The van der Waals surface area contributed by atoms with Crippen molar-refractivity contribution >= 4 is 24.1 Å². The molecule has 1 aliphatic rings. The number of hydrogen-bond acceptors (Lipinski definition) is 3. The van der Waals surface area contributed by atoms with Gasteiger partial charge < -0.3 is 14.4 Å². The van der Waals surface area contributed by atoms with E-state index < -0.39 is 0 Å². The Morgan fingerprint density at radius 1 is 0.958 bits per heavy atom. The molecule has 1 aromatic carbocycles. The van der Waals surface area contributed by atoms with E-state index in [1.807, 2.05) is 29.2 Å². The van der Waals surface area contributed by atoms with Crippen LogP contribution in [0.25, 0.3) is 0 Å². The number of aromatic nitrogens is 1. The Labute approximate surface area is 148 Å². The van der Waals surface area contributed by atoms with Gasteiger partial charge in [-0.15, -0.1) is 12.4 Å². The van der Waals surface area contributed by atoms with Gasteiger partial charge in [0.25, 0.3) is 0 Å². The number of likely N-dealkylation sites (N-methyl/N-ethyl adjacent to an activating group) is 1. The van der Waals surface area contributed by atoms with E-state index in [1.54, 1.807) is 29.0 Å². The lowest BCUT2D eigenvalue weighted by molar-refractivity contribution is -0.133. The summed E-state index contributed by atoms with van der Waals surface area (Å²) in [5, 5.41) is 0. The lowest BCUT2D eigenvalue weighted by Gasteiger charge is -2.32. The maximum Gasteiger partial charge on any atom is 0.242 e. The van der Waals surface area contributed by atoms with E-state index in [0.29, 0.717) is 11.3 Å². The number of nitrogens with zero attached hydrogens (tertiary/aromatic N) is 3. The second-order valence-corrected chi connectivity index (χ2v) is 5.90. The second kappa shape index (κ2) is 8.13. The maximum atomic E-state index is 12.6. The van der Waals surface area contributed by atoms with Gasteiger partial charge in [0.15, 0.2) is 0 Å². The standard InChI is InChI=1S/C18H21N3O2.ClH/c1-19-10-12-20(13-11-19)17(22)14-21-9-5-8-16(21)18(23)15-6-3-2-4-7-15;/h2-9H,10-14H2,1H3;1H. The van der Waals surface area contributed by atoms with Gasteiger partial charge in [0.05, 0.1) is 5.69 Å². The molecule has 1 fully saturated rings. The topological polar surface area (TPSA) is 45.5 Å². The molecule has 0 atom stereocenters. The van der Waals surface area contributed by atoms with Gasteiger partial charge in [-0.1, -0.05) is 30.3 Å². The van der Waals surface area contributed by atoms with Gasteiger partial charge in [-0.3, -0.25) is 9.59 Å². The van der Waals surface area contributed by atoms with Crippen LogP contribution in [0, 0.1) is 0 Å². The molecule has 6 heteroatoms. The summed E-state index contributed by atoms with van der Waals surface area (Å²) in [6.45, 7) is 3.50. The summed E-state index contributed by atoms with van der Waals surface area (Å²) >= 11 is 0. The summed E-state index contributed by atoms with van der Waals surface area (Å²) in [4.78, 5) is 29.1. The van der Waals surface area contributed by atoms with Crippen molar-refractivity contribution in [2.45, 2.75) is 6.54 Å². The number of benzene rings is 1. The highest BCUT2D eigenvalue weighted by atomic mass is 35.5. The fourth-order valence-corrected chi connectivity index (χ4v) is 2.80. The summed E-state index contributed by atoms with van der Waals surface area (Å²) in [7, 11) is 2.06. The van der Waals surface area contributed by atoms with Crippen LogP contribution in [0.1, 0.15) is 16.1 Å². The molecule has 1 aliphatic heterocycles. The number of carbonyl (C=O) groups is 2. The van der Waals surface area contributed by atoms with Crippen LogP contribution in [0.5, 0.6) is 0 Å².